The first kappa shape index (κ1) is 17.2. The first-order valence-corrected chi connectivity index (χ1v) is 6.59. The van der Waals surface area contributed by atoms with E-state index in [0.29, 0.717) is 0 Å². The molecule has 9 heteroatoms. The Morgan fingerprint density at radius 1 is 1.43 bits per heavy atom. The summed E-state index contributed by atoms with van der Waals surface area (Å²) in [4.78, 5) is 34.4. The molecule has 7 nitrogen and oxygen atoms in total. The Balaban J connectivity index is 3.25. The molecule has 0 fully saturated rings. The molecule has 1 N–H and O–H groups in total. The summed E-state index contributed by atoms with van der Waals surface area (Å²) in [6.07, 6.45) is 0.195. The maximum Gasteiger partial charge on any atom is 0.326 e. The van der Waals surface area contributed by atoms with E-state index < -0.39 is 28.5 Å². The fraction of sp³-hybridized carbons (Fsp3) is 0.333. The Bertz CT molecular complexity index is 606. The van der Waals surface area contributed by atoms with Gasteiger partial charge in [0.1, 0.15) is 11.1 Å². The van der Waals surface area contributed by atoms with Crippen LogP contribution in [0.3, 0.4) is 0 Å². The predicted octanol–water partition coefficient (Wildman–Crippen LogP) is 2.84. The number of rotatable bonds is 5. The van der Waals surface area contributed by atoms with Gasteiger partial charge in [0.2, 0.25) is 0 Å². The van der Waals surface area contributed by atoms with Crippen molar-refractivity contribution < 1.29 is 19.6 Å². The van der Waals surface area contributed by atoms with E-state index in [1.165, 1.54) is 13.1 Å². The fourth-order valence-corrected chi connectivity index (χ4v) is 2.18. The van der Waals surface area contributed by atoms with Gasteiger partial charge in [-0.2, -0.15) is 0 Å². The average Bonchev–Trinajstić information content (AvgIpc) is 2.40. The molecule has 114 valence electrons. The van der Waals surface area contributed by atoms with Crippen molar-refractivity contribution in [2.45, 2.75) is 19.4 Å². The first-order chi connectivity index (χ1) is 9.70. The van der Waals surface area contributed by atoms with Gasteiger partial charge in [0.25, 0.3) is 11.6 Å². The van der Waals surface area contributed by atoms with Gasteiger partial charge < -0.3 is 10.0 Å². The van der Waals surface area contributed by atoms with Crippen molar-refractivity contribution in [3.63, 3.8) is 0 Å². The smallest absolute Gasteiger partial charge is 0.326 e. The van der Waals surface area contributed by atoms with Gasteiger partial charge in [0.05, 0.1) is 9.95 Å². The second-order valence-corrected chi connectivity index (χ2v) is 5.01. The molecule has 0 bridgehead atoms. The molecule has 1 atom stereocenters. The Morgan fingerprint density at radius 3 is 2.43 bits per heavy atom. The SMILES string of the molecule is CCC(C(=O)O)N(C)C(=O)c1cc(Cl)c(Cl)c([N+](=O)[O-])c1. The van der Waals surface area contributed by atoms with E-state index in [-0.39, 0.29) is 22.0 Å². The molecule has 0 saturated heterocycles. The molecule has 1 rings (SSSR count). The lowest BCUT2D eigenvalue weighted by Gasteiger charge is -2.23. The van der Waals surface area contributed by atoms with Crippen LogP contribution in [-0.2, 0) is 4.79 Å². The van der Waals surface area contributed by atoms with Gasteiger partial charge in [-0.25, -0.2) is 4.79 Å². The van der Waals surface area contributed by atoms with Crippen LogP contribution in [0.2, 0.25) is 10.0 Å². The number of amides is 1. The number of nitro groups is 1. The van der Waals surface area contributed by atoms with Crippen LogP contribution in [0.25, 0.3) is 0 Å². The molecule has 0 heterocycles. The molecule has 0 aliphatic heterocycles. The number of carboxylic acid groups (broad SMARTS) is 1. The van der Waals surface area contributed by atoms with E-state index in [1.807, 2.05) is 0 Å². The minimum Gasteiger partial charge on any atom is -0.480 e. The molecule has 0 aliphatic carbocycles. The third-order valence-electron chi connectivity index (χ3n) is 2.91. The summed E-state index contributed by atoms with van der Waals surface area (Å²) < 4.78 is 0. The Kier molecular flexibility index (Phi) is 5.51. The van der Waals surface area contributed by atoms with Crippen molar-refractivity contribution in [2.24, 2.45) is 0 Å². The van der Waals surface area contributed by atoms with Crippen molar-refractivity contribution in [1.82, 2.24) is 4.90 Å². The number of nitro benzene ring substituents is 1. The molecule has 0 saturated carbocycles. The fourth-order valence-electron chi connectivity index (χ4n) is 1.79. The van der Waals surface area contributed by atoms with E-state index >= 15 is 0 Å². The minimum atomic E-state index is -1.16. The lowest BCUT2D eigenvalue weighted by molar-refractivity contribution is -0.384. The van der Waals surface area contributed by atoms with Crippen molar-refractivity contribution in [3.8, 4) is 0 Å². The van der Waals surface area contributed by atoms with Crippen molar-refractivity contribution in [3.05, 3.63) is 37.9 Å². The highest BCUT2D eigenvalue weighted by atomic mass is 35.5. The monoisotopic (exact) mass is 334 g/mol. The van der Waals surface area contributed by atoms with E-state index in [4.69, 9.17) is 28.3 Å². The number of aliphatic carboxylic acids is 1. The summed E-state index contributed by atoms with van der Waals surface area (Å²) in [5, 5.41) is 19.5. The van der Waals surface area contributed by atoms with Gasteiger partial charge in [-0.05, 0) is 12.5 Å². The van der Waals surface area contributed by atoms with Gasteiger partial charge in [-0.1, -0.05) is 30.1 Å². The van der Waals surface area contributed by atoms with Crippen LogP contribution in [0.1, 0.15) is 23.7 Å². The van der Waals surface area contributed by atoms with E-state index in [9.17, 15) is 19.7 Å². The molecule has 1 aromatic carbocycles. The lowest BCUT2D eigenvalue weighted by atomic mass is 10.1. The number of benzene rings is 1. The second-order valence-electron chi connectivity index (χ2n) is 4.23. The maximum absolute atomic E-state index is 12.2. The zero-order valence-corrected chi connectivity index (χ0v) is 12.7. The largest absolute Gasteiger partial charge is 0.480 e. The van der Waals surface area contributed by atoms with Gasteiger partial charge in [0, 0.05) is 18.7 Å². The van der Waals surface area contributed by atoms with Crippen LogP contribution in [0.15, 0.2) is 12.1 Å². The molecule has 1 amide bonds. The average molecular weight is 335 g/mol. The van der Waals surface area contributed by atoms with Crippen LogP contribution in [-0.4, -0.2) is 39.9 Å². The summed E-state index contributed by atoms with van der Waals surface area (Å²) in [5.74, 6) is -1.85. The highest BCUT2D eigenvalue weighted by Crippen LogP contribution is 2.33. The molecule has 1 unspecified atom stereocenters. The third-order valence-corrected chi connectivity index (χ3v) is 3.70. The number of carbonyl (C=O) groups excluding carboxylic acids is 1. The predicted molar refractivity (Wildman–Crippen MR) is 76.9 cm³/mol. The Morgan fingerprint density at radius 2 is 2.00 bits per heavy atom. The van der Waals surface area contributed by atoms with Crippen LogP contribution in [0, 0.1) is 10.1 Å². The lowest BCUT2D eigenvalue weighted by Crippen LogP contribution is -2.42. The van der Waals surface area contributed by atoms with Gasteiger partial charge in [-0.3, -0.25) is 14.9 Å². The van der Waals surface area contributed by atoms with Crippen molar-refractivity contribution in [2.75, 3.05) is 7.05 Å². The zero-order chi connectivity index (χ0) is 16.3. The molecule has 0 radical (unpaired) electrons. The zero-order valence-electron chi connectivity index (χ0n) is 11.2. The number of carbonyl (C=O) groups is 2. The van der Waals surface area contributed by atoms with Crippen LogP contribution in [0.4, 0.5) is 5.69 Å². The summed E-state index contributed by atoms with van der Waals surface area (Å²) in [5.41, 5.74) is -0.609. The highest BCUT2D eigenvalue weighted by molar-refractivity contribution is 6.43. The molecule has 0 aromatic heterocycles. The summed E-state index contributed by atoms with van der Waals surface area (Å²) >= 11 is 11.5. The second kappa shape index (κ2) is 6.73. The van der Waals surface area contributed by atoms with Crippen LogP contribution >= 0.6 is 23.2 Å². The summed E-state index contributed by atoms with van der Waals surface area (Å²) in [6.45, 7) is 1.61. The molecule has 0 aliphatic rings. The molecule has 21 heavy (non-hydrogen) atoms. The third kappa shape index (κ3) is 3.62. The normalized spacial score (nSPS) is 11.8. The highest BCUT2D eigenvalue weighted by Gasteiger charge is 2.28. The van der Waals surface area contributed by atoms with Gasteiger partial charge in [0.15, 0.2) is 0 Å². The quantitative estimate of drug-likeness (QED) is 0.659. The van der Waals surface area contributed by atoms with Crippen LogP contribution < -0.4 is 0 Å². The summed E-state index contributed by atoms with van der Waals surface area (Å²) in [6, 6.07) is 1.11. The number of halogens is 2. The number of hydrogen-bond acceptors (Lipinski definition) is 4. The van der Waals surface area contributed by atoms with Crippen molar-refractivity contribution >= 4 is 40.8 Å². The molecular formula is C12H12Cl2N2O5. The summed E-state index contributed by atoms with van der Waals surface area (Å²) in [7, 11) is 1.30. The number of carboxylic acids is 1. The number of likely N-dealkylation sites (N-methyl/N-ethyl adjacent to an activating group) is 1. The van der Waals surface area contributed by atoms with Gasteiger partial charge in [-0.15, -0.1) is 0 Å². The van der Waals surface area contributed by atoms with E-state index in [2.05, 4.69) is 0 Å². The Labute approximate surface area is 130 Å². The molecular weight excluding hydrogens is 323 g/mol. The first-order valence-electron chi connectivity index (χ1n) is 5.84. The number of hydrogen-bond donors (Lipinski definition) is 1. The van der Waals surface area contributed by atoms with Crippen LogP contribution in [0.5, 0.6) is 0 Å². The topological polar surface area (TPSA) is 101 Å². The standard InChI is InChI=1S/C12H12Cl2N2O5/c1-3-8(12(18)19)15(2)11(17)6-4-7(13)10(14)9(5-6)16(20)21/h4-5,8H,3H2,1-2H3,(H,18,19). The molecule has 0 spiro atoms. The van der Waals surface area contributed by atoms with E-state index in [0.717, 1.165) is 11.0 Å². The molecule has 1 aromatic rings. The minimum absolute atomic E-state index is 0.0988. The van der Waals surface area contributed by atoms with Crippen molar-refractivity contribution in [1.29, 1.82) is 0 Å². The van der Waals surface area contributed by atoms with E-state index in [1.54, 1.807) is 6.92 Å². The Hall–Kier alpha value is -1.86. The maximum atomic E-state index is 12.2. The van der Waals surface area contributed by atoms with Gasteiger partial charge >= 0.3 is 5.97 Å². The number of nitrogens with zero attached hydrogens (tertiary/aromatic N) is 2.